The largest absolute Gasteiger partial charge is 0.495 e. The van der Waals surface area contributed by atoms with Crippen molar-refractivity contribution in [2.75, 3.05) is 31.5 Å². The first-order valence-corrected chi connectivity index (χ1v) is 20.0. The molecule has 0 spiro atoms. The normalized spacial score (nSPS) is 12.6. The Morgan fingerprint density at radius 2 is 1.19 bits per heavy atom. The molecule has 2 aromatic carbocycles. The van der Waals surface area contributed by atoms with Crippen LogP contribution in [0.2, 0.25) is 0 Å². The number of carboxylic acid groups (broad SMARTS) is 1. The van der Waals surface area contributed by atoms with Crippen LogP contribution in [0.25, 0.3) is 22.8 Å². The molecule has 16 nitrogen and oxygen atoms in total. The summed E-state index contributed by atoms with van der Waals surface area (Å²) in [5.41, 5.74) is 8.48. The number of hydrogen-bond acceptors (Lipinski definition) is 13. The fraction of sp³-hybridized carbons (Fsp3) is 0.300. The van der Waals surface area contributed by atoms with Gasteiger partial charge in [0, 0.05) is 46.6 Å². The van der Waals surface area contributed by atoms with Crippen LogP contribution in [0.3, 0.4) is 0 Å². The van der Waals surface area contributed by atoms with Gasteiger partial charge in [0.15, 0.2) is 0 Å². The highest BCUT2D eigenvalue weighted by Gasteiger charge is 2.29. The summed E-state index contributed by atoms with van der Waals surface area (Å²) in [5.74, 6) is 0.821. The Morgan fingerprint density at radius 3 is 1.64 bits per heavy atom. The van der Waals surface area contributed by atoms with E-state index in [0.717, 1.165) is 80.4 Å². The second-order valence-corrected chi connectivity index (χ2v) is 15.2. The molecule has 6 aromatic rings. The highest BCUT2D eigenvalue weighted by atomic mass is 79.9. The SMILES string of the molecule is CCOC(=O)c1c2c(nn1C)-c1nc(Nc3ccc(Br)cc3OC)ncc1CCC2.COc1cc(Br)ccc1Nc1ncc2c(n1)-c1nn(C)c(C(=O)O)c1CCC2. The first kappa shape index (κ1) is 40.3. The third-order valence-corrected chi connectivity index (χ3v) is 10.7. The highest BCUT2D eigenvalue weighted by Crippen LogP contribution is 2.36. The Morgan fingerprint density at radius 1 is 0.724 bits per heavy atom. The van der Waals surface area contributed by atoms with E-state index >= 15 is 0 Å². The Kier molecular flexibility index (Phi) is 12.0. The van der Waals surface area contributed by atoms with E-state index in [-0.39, 0.29) is 11.7 Å². The van der Waals surface area contributed by atoms with Crippen LogP contribution in [0.15, 0.2) is 57.7 Å². The Labute approximate surface area is 350 Å². The molecule has 18 heteroatoms. The maximum Gasteiger partial charge on any atom is 0.356 e. The molecule has 2 aliphatic carbocycles. The molecule has 0 aliphatic heterocycles. The Hall–Kier alpha value is -5.88. The van der Waals surface area contributed by atoms with Crippen LogP contribution in [0, 0.1) is 0 Å². The van der Waals surface area contributed by atoms with E-state index in [1.54, 1.807) is 46.1 Å². The Balaban J connectivity index is 0.000000177. The Bertz CT molecular complexity index is 2540. The number of nitrogens with zero attached hydrogens (tertiary/aromatic N) is 8. The molecule has 0 saturated carbocycles. The summed E-state index contributed by atoms with van der Waals surface area (Å²) in [6, 6.07) is 11.3. The number of anilines is 4. The third kappa shape index (κ3) is 8.24. The lowest BCUT2D eigenvalue weighted by atomic mass is 10.1. The molecule has 0 radical (unpaired) electrons. The first-order chi connectivity index (χ1) is 28.0. The molecule has 4 aromatic heterocycles. The number of carbonyl (C=O) groups excluding carboxylic acids is 1. The van der Waals surface area contributed by atoms with Crippen molar-refractivity contribution in [2.24, 2.45) is 14.1 Å². The summed E-state index contributed by atoms with van der Waals surface area (Å²) >= 11 is 6.86. The number of fused-ring (bicyclic) bond motifs is 6. The summed E-state index contributed by atoms with van der Waals surface area (Å²) < 4.78 is 20.9. The molecule has 0 saturated heterocycles. The van der Waals surface area contributed by atoms with Gasteiger partial charge in [-0.05, 0) is 93.0 Å². The predicted octanol–water partition coefficient (Wildman–Crippen LogP) is 7.64. The molecule has 0 atom stereocenters. The average molecular weight is 917 g/mol. The third-order valence-electron chi connectivity index (χ3n) is 9.71. The molecule has 4 heterocycles. The van der Waals surface area contributed by atoms with Gasteiger partial charge < -0.3 is 30.0 Å². The number of halogens is 2. The lowest BCUT2D eigenvalue weighted by molar-refractivity contribution is 0.0511. The molecular weight excluding hydrogens is 876 g/mol. The molecule has 58 heavy (non-hydrogen) atoms. The molecule has 300 valence electrons. The molecular formula is C40H40Br2N10O6. The van der Waals surface area contributed by atoms with E-state index in [2.05, 4.69) is 67.6 Å². The number of hydrogen-bond donors (Lipinski definition) is 3. The van der Waals surface area contributed by atoms with E-state index in [9.17, 15) is 14.7 Å². The molecule has 0 amide bonds. The van der Waals surface area contributed by atoms with Crippen LogP contribution in [-0.4, -0.2) is 77.4 Å². The zero-order chi connectivity index (χ0) is 41.1. The minimum atomic E-state index is -0.980. The van der Waals surface area contributed by atoms with Crippen molar-refractivity contribution >= 4 is 67.1 Å². The van der Waals surface area contributed by atoms with Crippen LogP contribution in [0.4, 0.5) is 23.3 Å². The lowest BCUT2D eigenvalue weighted by Gasteiger charge is -2.12. The maximum atomic E-state index is 12.5. The predicted molar refractivity (Wildman–Crippen MR) is 223 cm³/mol. The molecule has 0 bridgehead atoms. The molecule has 2 aliphatic rings. The average Bonchev–Trinajstić information content (AvgIpc) is 3.58. The smallest absolute Gasteiger partial charge is 0.356 e. The van der Waals surface area contributed by atoms with Crippen molar-refractivity contribution in [3.63, 3.8) is 0 Å². The van der Waals surface area contributed by atoms with Gasteiger partial charge >= 0.3 is 11.9 Å². The molecule has 8 rings (SSSR count). The second-order valence-electron chi connectivity index (χ2n) is 13.4. The number of aryl methyl sites for hydroxylation is 4. The number of carbonyl (C=O) groups is 2. The van der Waals surface area contributed by atoms with Gasteiger partial charge in [0.1, 0.15) is 34.3 Å². The minimum absolute atomic E-state index is 0.213. The number of rotatable bonds is 9. The summed E-state index contributed by atoms with van der Waals surface area (Å²) in [6.45, 7) is 2.12. The minimum Gasteiger partial charge on any atom is -0.495 e. The van der Waals surface area contributed by atoms with Crippen molar-refractivity contribution in [1.82, 2.24) is 39.5 Å². The summed E-state index contributed by atoms with van der Waals surface area (Å²) in [6.07, 6.45) is 8.28. The van der Waals surface area contributed by atoms with Crippen molar-refractivity contribution in [1.29, 1.82) is 0 Å². The molecule has 0 unspecified atom stereocenters. The van der Waals surface area contributed by atoms with Gasteiger partial charge in [0.2, 0.25) is 11.9 Å². The molecule has 0 fully saturated rings. The quantitative estimate of drug-likeness (QED) is 0.120. The van der Waals surface area contributed by atoms with Crippen molar-refractivity contribution in [3.8, 4) is 34.3 Å². The number of esters is 1. The van der Waals surface area contributed by atoms with E-state index < -0.39 is 5.97 Å². The number of aromatic carboxylic acids is 1. The van der Waals surface area contributed by atoms with Gasteiger partial charge in [-0.15, -0.1) is 0 Å². The number of ether oxygens (including phenoxy) is 3. The van der Waals surface area contributed by atoms with Crippen LogP contribution in [-0.2, 0) is 44.5 Å². The van der Waals surface area contributed by atoms with Crippen molar-refractivity contribution < 1.29 is 28.9 Å². The van der Waals surface area contributed by atoms with E-state index in [1.807, 2.05) is 42.6 Å². The zero-order valence-electron chi connectivity index (χ0n) is 32.4. The monoisotopic (exact) mass is 914 g/mol. The van der Waals surface area contributed by atoms with E-state index in [0.29, 0.717) is 59.2 Å². The van der Waals surface area contributed by atoms with Gasteiger partial charge in [0.25, 0.3) is 0 Å². The maximum absolute atomic E-state index is 12.5. The fourth-order valence-electron chi connectivity index (χ4n) is 7.11. The fourth-order valence-corrected chi connectivity index (χ4v) is 7.79. The summed E-state index contributed by atoms with van der Waals surface area (Å²) in [4.78, 5) is 42.5. The van der Waals surface area contributed by atoms with Gasteiger partial charge in [-0.1, -0.05) is 31.9 Å². The lowest BCUT2D eigenvalue weighted by Crippen LogP contribution is -2.12. The summed E-state index contributed by atoms with van der Waals surface area (Å²) in [7, 11) is 6.61. The standard InChI is InChI=1S/C21H22BrN5O3.C19H18BrN5O3/c1-4-30-20(28)19-14-7-5-6-12-11-23-21(25-17(12)18(14)26-27(19)2)24-15-9-8-13(22)10-16(15)29-3;1-25-17(18(26)27)12-5-3-4-10-9-21-19(23-15(10)16(12)24-25)22-13-7-6-11(20)8-14(13)28-2/h8-11H,4-7H2,1-3H3,(H,23,24,25);6-9H,3-5H2,1-2H3,(H,26,27)(H,21,22,23). The van der Waals surface area contributed by atoms with E-state index in [1.165, 1.54) is 4.68 Å². The van der Waals surface area contributed by atoms with Crippen LogP contribution >= 0.6 is 31.9 Å². The van der Waals surface area contributed by atoms with Crippen LogP contribution in [0.1, 0.15) is 63.0 Å². The topological polar surface area (TPSA) is 193 Å². The van der Waals surface area contributed by atoms with E-state index in [4.69, 9.17) is 19.2 Å². The number of nitrogens with one attached hydrogen (secondary N) is 2. The van der Waals surface area contributed by atoms with Crippen molar-refractivity contribution in [2.45, 2.75) is 45.4 Å². The van der Waals surface area contributed by atoms with Crippen molar-refractivity contribution in [3.05, 3.63) is 91.4 Å². The van der Waals surface area contributed by atoms with Gasteiger partial charge in [0.05, 0.1) is 43.6 Å². The van der Waals surface area contributed by atoms with Gasteiger partial charge in [-0.25, -0.2) is 29.5 Å². The number of methoxy groups -OCH3 is 2. The highest BCUT2D eigenvalue weighted by molar-refractivity contribution is 9.10. The zero-order valence-corrected chi connectivity index (χ0v) is 35.6. The second kappa shape index (κ2) is 17.3. The first-order valence-electron chi connectivity index (χ1n) is 18.4. The number of benzene rings is 2. The number of carboxylic acids is 1. The summed E-state index contributed by atoms with van der Waals surface area (Å²) in [5, 5.41) is 25.0. The van der Waals surface area contributed by atoms with Gasteiger partial charge in [-0.2, -0.15) is 10.2 Å². The molecule has 3 N–H and O–H groups in total. The number of aromatic nitrogens is 8. The van der Waals surface area contributed by atoms with Crippen LogP contribution < -0.4 is 20.1 Å². The van der Waals surface area contributed by atoms with Crippen LogP contribution in [0.5, 0.6) is 11.5 Å². The van der Waals surface area contributed by atoms with Gasteiger partial charge in [-0.3, -0.25) is 9.36 Å².